The molecule has 9 nitrogen and oxygen atoms in total. The Morgan fingerprint density at radius 3 is 2.67 bits per heavy atom. The van der Waals surface area contributed by atoms with E-state index in [1.54, 1.807) is 14.2 Å². The number of anilines is 1. The van der Waals surface area contributed by atoms with Crippen LogP contribution in [-0.4, -0.2) is 68.8 Å². The fraction of sp³-hybridized carbons (Fsp3) is 0.522. The number of ether oxygens (including phenoxy) is 3. The molecule has 178 valence electrons. The zero-order chi connectivity index (χ0) is 23.2. The second-order valence-corrected chi connectivity index (χ2v) is 9.03. The zero-order valence-corrected chi connectivity index (χ0v) is 19.8. The third-order valence-electron chi connectivity index (χ3n) is 5.84. The van der Waals surface area contributed by atoms with E-state index in [9.17, 15) is 9.59 Å². The van der Waals surface area contributed by atoms with Crippen molar-refractivity contribution in [3.8, 4) is 11.5 Å². The Kier molecular flexibility index (Phi) is 7.79. The van der Waals surface area contributed by atoms with Crippen LogP contribution in [0.1, 0.15) is 30.1 Å². The number of methoxy groups -OCH3 is 2. The quantitative estimate of drug-likeness (QED) is 0.545. The number of carbonyl (C=O) groups excluding carboxylic acids is 2. The first-order valence-electron chi connectivity index (χ1n) is 11.1. The summed E-state index contributed by atoms with van der Waals surface area (Å²) in [4.78, 5) is 31.3. The van der Waals surface area contributed by atoms with E-state index in [1.807, 2.05) is 23.6 Å². The Morgan fingerprint density at radius 1 is 1.21 bits per heavy atom. The van der Waals surface area contributed by atoms with Gasteiger partial charge in [-0.15, -0.1) is 11.3 Å². The standard InChI is InChI=1S/C23H30N4O5S/c1-30-19-6-5-16(11-20(19)31-2)18(27-7-9-32-10-8-27)13-24-21(28)12-17-14-33-23(25-17)26-22(29)15-3-4-15/h5-6,11,14-15,18H,3-4,7-10,12-13H2,1-2H3,(H,24,28)(H,25,26,29)/t18-/m0/s1. The van der Waals surface area contributed by atoms with Gasteiger partial charge in [-0.25, -0.2) is 4.98 Å². The van der Waals surface area contributed by atoms with Gasteiger partial charge in [0.2, 0.25) is 11.8 Å². The molecule has 2 heterocycles. The predicted octanol–water partition coefficient (Wildman–Crippen LogP) is 2.24. The molecule has 1 aliphatic carbocycles. The first-order chi connectivity index (χ1) is 16.1. The van der Waals surface area contributed by atoms with Gasteiger partial charge in [-0.1, -0.05) is 6.07 Å². The van der Waals surface area contributed by atoms with Gasteiger partial charge < -0.3 is 24.8 Å². The molecule has 1 saturated carbocycles. The SMILES string of the molecule is COc1ccc([C@H](CNC(=O)Cc2csc(NC(=O)C3CC3)n2)N2CCOCC2)cc1OC. The first kappa shape index (κ1) is 23.5. The lowest BCUT2D eigenvalue weighted by Gasteiger charge is -2.35. The molecule has 0 spiro atoms. The molecule has 2 aromatic rings. The van der Waals surface area contributed by atoms with Gasteiger partial charge in [0.15, 0.2) is 16.6 Å². The van der Waals surface area contributed by atoms with Crippen molar-refractivity contribution in [2.75, 3.05) is 52.4 Å². The Labute approximate surface area is 197 Å². The van der Waals surface area contributed by atoms with Crippen LogP contribution < -0.4 is 20.1 Å². The molecule has 2 fully saturated rings. The minimum Gasteiger partial charge on any atom is -0.493 e. The number of carbonyl (C=O) groups is 2. The maximum absolute atomic E-state index is 12.7. The van der Waals surface area contributed by atoms with Crippen molar-refractivity contribution in [1.82, 2.24) is 15.2 Å². The van der Waals surface area contributed by atoms with Gasteiger partial charge in [-0.3, -0.25) is 14.5 Å². The number of thiazole rings is 1. The molecule has 1 aliphatic heterocycles. The fourth-order valence-electron chi connectivity index (χ4n) is 3.84. The van der Waals surface area contributed by atoms with Gasteiger partial charge in [0.05, 0.1) is 45.6 Å². The highest BCUT2D eigenvalue weighted by molar-refractivity contribution is 7.13. The number of rotatable bonds is 10. The van der Waals surface area contributed by atoms with Crippen LogP contribution in [0.3, 0.4) is 0 Å². The van der Waals surface area contributed by atoms with Crippen molar-refractivity contribution < 1.29 is 23.8 Å². The molecular weight excluding hydrogens is 444 g/mol. The average Bonchev–Trinajstić information content (AvgIpc) is 3.61. The van der Waals surface area contributed by atoms with Gasteiger partial charge >= 0.3 is 0 Å². The summed E-state index contributed by atoms with van der Waals surface area (Å²) in [5.74, 6) is 1.35. The Bertz CT molecular complexity index is 972. The summed E-state index contributed by atoms with van der Waals surface area (Å²) in [5.41, 5.74) is 1.69. The highest BCUT2D eigenvalue weighted by Gasteiger charge is 2.30. The van der Waals surface area contributed by atoms with Gasteiger partial charge in [-0.2, -0.15) is 0 Å². The molecule has 0 radical (unpaired) electrons. The average molecular weight is 475 g/mol. The summed E-state index contributed by atoms with van der Waals surface area (Å²) >= 11 is 1.35. The zero-order valence-electron chi connectivity index (χ0n) is 19.0. The number of aromatic nitrogens is 1. The number of hydrogen-bond donors (Lipinski definition) is 2. The van der Waals surface area contributed by atoms with E-state index in [0.717, 1.165) is 31.5 Å². The minimum atomic E-state index is -0.112. The second kappa shape index (κ2) is 11.0. The topological polar surface area (TPSA) is 102 Å². The first-order valence-corrected chi connectivity index (χ1v) is 12.0. The number of amides is 2. The molecule has 1 atom stereocenters. The maximum Gasteiger partial charge on any atom is 0.229 e. The van der Waals surface area contributed by atoms with Crippen molar-refractivity contribution in [3.05, 3.63) is 34.8 Å². The Balaban J connectivity index is 1.38. The van der Waals surface area contributed by atoms with Crippen LogP contribution >= 0.6 is 11.3 Å². The van der Waals surface area contributed by atoms with Crippen LogP contribution in [0.5, 0.6) is 11.5 Å². The number of nitrogens with one attached hydrogen (secondary N) is 2. The molecule has 2 aliphatic rings. The van der Waals surface area contributed by atoms with Gasteiger partial charge in [0, 0.05) is 30.9 Å². The van der Waals surface area contributed by atoms with Crippen LogP contribution in [0.15, 0.2) is 23.6 Å². The monoisotopic (exact) mass is 474 g/mol. The molecule has 1 aromatic heterocycles. The highest BCUT2D eigenvalue weighted by atomic mass is 32.1. The van der Waals surface area contributed by atoms with E-state index in [2.05, 4.69) is 20.5 Å². The largest absolute Gasteiger partial charge is 0.493 e. The molecule has 33 heavy (non-hydrogen) atoms. The van der Waals surface area contributed by atoms with Crippen molar-refractivity contribution in [2.24, 2.45) is 5.92 Å². The summed E-state index contributed by atoms with van der Waals surface area (Å²) in [7, 11) is 3.22. The molecule has 0 bridgehead atoms. The smallest absolute Gasteiger partial charge is 0.229 e. The molecule has 1 saturated heterocycles. The normalized spacial score (nSPS) is 17.3. The number of benzene rings is 1. The van der Waals surface area contributed by atoms with E-state index in [1.165, 1.54) is 11.3 Å². The Morgan fingerprint density at radius 2 is 1.97 bits per heavy atom. The lowest BCUT2D eigenvalue weighted by molar-refractivity contribution is -0.121. The van der Waals surface area contributed by atoms with Crippen molar-refractivity contribution in [1.29, 1.82) is 0 Å². The molecule has 1 aromatic carbocycles. The third kappa shape index (κ3) is 6.21. The van der Waals surface area contributed by atoms with Crippen LogP contribution in [0.4, 0.5) is 5.13 Å². The van der Waals surface area contributed by atoms with E-state index >= 15 is 0 Å². The summed E-state index contributed by atoms with van der Waals surface area (Å²) in [5, 5.41) is 8.25. The van der Waals surface area contributed by atoms with Crippen LogP contribution in [0, 0.1) is 5.92 Å². The number of morpholine rings is 1. The van der Waals surface area contributed by atoms with Crippen molar-refractivity contribution >= 4 is 28.3 Å². The van der Waals surface area contributed by atoms with Gasteiger partial charge in [-0.05, 0) is 30.5 Å². The molecule has 10 heteroatoms. The number of hydrogen-bond acceptors (Lipinski definition) is 8. The highest BCUT2D eigenvalue weighted by Crippen LogP contribution is 2.32. The minimum absolute atomic E-state index is 0.0172. The number of nitrogens with zero attached hydrogens (tertiary/aromatic N) is 2. The van der Waals surface area contributed by atoms with Crippen molar-refractivity contribution in [3.63, 3.8) is 0 Å². The third-order valence-corrected chi connectivity index (χ3v) is 6.65. The molecule has 2 amide bonds. The second-order valence-electron chi connectivity index (χ2n) is 8.17. The summed E-state index contributed by atoms with van der Waals surface area (Å²) in [6.07, 6.45) is 2.05. The molecule has 2 N–H and O–H groups in total. The molecule has 0 unspecified atom stereocenters. The predicted molar refractivity (Wildman–Crippen MR) is 125 cm³/mol. The lowest BCUT2D eigenvalue weighted by Crippen LogP contribution is -2.44. The summed E-state index contributed by atoms with van der Waals surface area (Å²) in [6.45, 7) is 3.33. The van der Waals surface area contributed by atoms with Gasteiger partial charge in [0.1, 0.15) is 0 Å². The Hall–Kier alpha value is -2.69. The van der Waals surface area contributed by atoms with Gasteiger partial charge in [0.25, 0.3) is 0 Å². The lowest BCUT2D eigenvalue weighted by atomic mass is 10.0. The molecule has 4 rings (SSSR count). The fourth-order valence-corrected chi connectivity index (χ4v) is 4.56. The maximum atomic E-state index is 12.7. The van der Waals surface area contributed by atoms with E-state index in [0.29, 0.717) is 42.1 Å². The van der Waals surface area contributed by atoms with Crippen LogP contribution in [0.2, 0.25) is 0 Å². The van der Waals surface area contributed by atoms with E-state index in [-0.39, 0.29) is 30.2 Å². The van der Waals surface area contributed by atoms with Crippen LogP contribution in [-0.2, 0) is 20.7 Å². The van der Waals surface area contributed by atoms with Crippen LogP contribution in [0.25, 0.3) is 0 Å². The van der Waals surface area contributed by atoms with E-state index < -0.39 is 0 Å². The van der Waals surface area contributed by atoms with E-state index in [4.69, 9.17) is 14.2 Å². The molecular formula is C23H30N4O5S. The summed E-state index contributed by atoms with van der Waals surface area (Å²) < 4.78 is 16.3. The van der Waals surface area contributed by atoms with Crippen molar-refractivity contribution in [2.45, 2.75) is 25.3 Å². The summed E-state index contributed by atoms with van der Waals surface area (Å²) in [6, 6.07) is 5.82.